The molecule has 17 heavy (non-hydrogen) atoms. The highest BCUT2D eigenvalue weighted by molar-refractivity contribution is 5.35. The SMILES string of the molecule is Cc1ccc(CCCC2CCCCC2)cc1O. The third-order valence-electron chi connectivity index (χ3n) is 4.08. The Hall–Kier alpha value is -0.980. The first-order valence-corrected chi connectivity index (χ1v) is 7.04. The Morgan fingerprint density at radius 3 is 2.65 bits per heavy atom. The number of benzene rings is 1. The minimum absolute atomic E-state index is 0.445. The molecule has 94 valence electrons. The molecule has 0 amide bonds. The van der Waals surface area contributed by atoms with Crippen molar-refractivity contribution in [3.05, 3.63) is 29.3 Å². The predicted octanol–water partition coefficient (Wildman–Crippen LogP) is 4.60. The van der Waals surface area contributed by atoms with Gasteiger partial charge < -0.3 is 5.11 Å². The van der Waals surface area contributed by atoms with Gasteiger partial charge in [0.25, 0.3) is 0 Å². The maximum absolute atomic E-state index is 9.65. The van der Waals surface area contributed by atoms with Crippen molar-refractivity contribution < 1.29 is 5.11 Å². The molecule has 0 aromatic heterocycles. The molecule has 0 spiro atoms. The van der Waals surface area contributed by atoms with Crippen LogP contribution in [-0.4, -0.2) is 5.11 Å². The Balaban J connectivity index is 1.75. The molecule has 1 heteroatoms. The second kappa shape index (κ2) is 6.09. The van der Waals surface area contributed by atoms with Gasteiger partial charge in [-0.05, 0) is 42.9 Å². The molecule has 1 aliphatic rings. The Bertz CT molecular complexity index is 351. The molecule has 1 aromatic carbocycles. The minimum atomic E-state index is 0.445. The largest absolute Gasteiger partial charge is 0.508 e. The molecule has 1 aliphatic carbocycles. The van der Waals surface area contributed by atoms with E-state index in [4.69, 9.17) is 0 Å². The van der Waals surface area contributed by atoms with Crippen LogP contribution in [0.1, 0.15) is 56.1 Å². The van der Waals surface area contributed by atoms with Gasteiger partial charge in [0.05, 0.1) is 0 Å². The van der Waals surface area contributed by atoms with E-state index in [-0.39, 0.29) is 0 Å². The van der Waals surface area contributed by atoms with Crippen LogP contribution in [0.3, 0.4) is 0 Å². The molecule has 1 nitrogen and oxygen atoms in total. The standard InChI is InChI=1S/C16H24O/c1-13-10-11-15(12-16(13)17)9-5-8-14-6-3-2-4-7-14/h10-12,14,17H,2-9H2,1H3. The van der Waals surface area contributed by atoms with E-state index in [0.29, 0.717) is 5.75 Å². The number of hydrogen-bond donors (Lipinski definition) is 1. The molecule has 1 aromatic rings. The van der Waals surface area contributed by atoms with Crippen molar-refractivity contribution in [2.45, 2.75) is 58.3 Å². The molecular formula is C16H24O. The van der Waals surface area contributed by atoms with Crippen LogP contribution in [0.4, 0.5) is 0 Å². The summed E-state index contributed by atoms with van der Waals surface area (Å²) in [6, 6.07) is 6.09. The van der Waals surface area contributed by atoms with E-state index in [1.165, 1.54) is 50.5 Å². The summed E-state index contributed by atoms with van der Waals surface area (Å²) in [4.78, 5) is 0. The molecule has 1 N–H and O–H groups in total. The van der Waals surface area contributed by atoms with Crippen LogP contribution < -0.4 is 0 Å². The molecule has 1 fully saturated rings. The number of phenols is 1. The van der Waals surface area contributed by atoms with Gasteiger partial charge in [0.15, 0.2) is 0 Å². The normalized spacial score (nSPS) is 17.2. The molecule has 0 atom stereocenters. The fourth-order valence-electron chi connectivity index (χ4n) is 2.88. The Kier molecular flexibility index (Phi) is 4.47. The summed E-state index contributed by atoms with van der Waals surface area (Å²) < 4.78 is 0. The van der Waals surface area contributed by atoms with Crippen molar-refractivity contribution in [2.24, 2.45) is 5.92 Å². The van der Waals surface area contributed by atoms with Gasteiger partial charge in [-0.15, -0.1) is 0 Å². The van der Waals surface area contributed by atoms with Crippen molar-refractivity contribution in [1.82, 2.24) is 0 Å². The highest BCUT2D eigenvalue weighted by Crippen LogP contribution is 2.28. The van der Waals surface area contributed by atoms with Gasteiger partial charge in [0.2, 0.25) is 0 Å². The van der Waals surface area contributed by atoms with Crippen LogP contribution in [0.2, 0.25) is 0 Å². The maximum atomic E-state index is 9.65. The van der Waals surface area contributed by atoms with Gasteiger partial charge in [0.1, 0.15) is 5.75 Å². The van der Waals surface area contributed by atoms with Gasteiger partial charge in [-0.1, -0.05) is 50.7 Å². The number of hydrogen-bond acceptors (Lipinski definition) is 1. The number of phenolic OH excluding ortho intramolecular Hbond substituents is 1. The van der Waals surface area contributed by atoms with Crippen LogP contribution >= 0.6 is 0 Å². The lowest BCUT2D eigenvalue weighted by Crippen LogP contribution is -2.06. The molecule has 0 saturated heterocycles. The molecule has 0 aliphatic heterocycles. The van der Waals surface area contributed by atoms with Gasteiger partial charge in [0, 0.05) is 0 Å². The van der Waals surface area contributed by atoms with Crippen LogP contribution in [0.25, 0.3) is 0 Å². The second-order valence-corrected chi connectivity index (χ2v) is 5.52. The minimum Gasteiger partial charge on any atom is -0.508 e. The second-order valence-electron chi connectivity index (χ2n) is 5.52. The van der Waals surface area contributed by atoms with Crippen molar-refractivity contribution in [1.29, 1.82) is 0 Å². The number of rotatable bonds is 4. The van der Waals surface area contributed by atoms with Crippen LogP contribution in [0.15, 0.2) is 18.2 Å². The van der Waals surface area contributed by atoms with E-state index < -0.39 is 0 Å². The zero-order valence-electron chi connectivity index (χ0n) is 10.9. The van der Waals surface area contributed by atoms with E-state index in [0.717, 1.165) is 17.9 Å². The molecule has 2 rings (SSSR count). The lowest BCUT2D eigenvalue weighted by Gasteiger charge is -2.21. The van der Waals surface area contributed by atoms with E-state index in [1.54, 1.807) is 0 Å². The van der Waals surface area contributed by atoms with Gasteiger partial charge in [-0.3, -0.25) is 0 Å². The summed E-state index contributed by atoms with van der Waals surface area (Å²) in [5.41, 5.74) is 2.25. The van der Waals surface area contributed by atoms with E-state index in [1.807, 2.05) is 19.1 Å². The lowest BCUT2D eigenvalue weighted by molar-refractivity contribution is 0.332. The van der Waals surface area contributed by atoms with Crippen LogP contribution in [-0.2, 0) is 6.42 Å². The van der Waals surface area contributed by atoms with Crippen molar-refractivity contribution in [2.75, 3.05) is 0 Å². The molecule has 0 heterocycles. The quantitative estimate of drug-likeness (QED) is 0.804. The molecular weight excluding hydrogens is 208 g/mol. The Labute approximate surface area is 105 Å². The summed E-state index contributed by atoms with van der Waals surface area (Å²) in [5, 5.41) is 9.65. The summed E-state index contributed by atoms with van der Waals surface area (Å²) in [6.45, 7) is 1.95. The molecule has 0 bridgehead atoms. The smallest absolute Gasteiger partial charge is 0.118 e. The first-order valence-electron chi connectivity index (χ1n) is 7.04. The van der Waals surface area contributed by atoms with E-state index in [9.17, 15) is 5.11 Å². The highest BCUT2D eigenvalue weighted by Gasteiger charge is 2.12. The van der Waals surface area contributed by atoms with Gasteiger partial charge in [-0.25, -0.2) is 0 Å². The third-order valence-corrected chi connectivity index (χ3v) is 4.08. The van der Waals surface area contributed by atoms with Gasteiger partial charge in [-0.2, -0.15) is 0 Å². The van der Waals surface area contributed by atoms with E-state index >= 15 is 0 Å². The topological polar surface area (TPSA) is 20.2 Å². The Morgan fingerprint density at radius 2 is 1.94 bits per heavy atom. The molecule has 1 saturated carbocycles. The highest BCUT2D eigenvalue weighted by atomic mass is 16.3. The summed E-state index contributed by atoms with van der Waals surface area (Å²) in [7, 11) is 0. The first-order chi connectivity index (χ1) is 8.25. The maximum Gasteiger partial charge on any atom is 0.118 e. The number of aryl methyl sites for hydroxylation is 2. The van der Waals surface area contributed by atoms with Gasteiger partial charge >= 0.3 is 0 Å². The fraction of sp³-hybridized carbons (Fsp3) is 0.625. The van der Waals surface area contributed by atoms with Crippen LogP contribution in [0.5, 0.6) is 5.75 Å². The van der Waals surface area contributed by atoms with Crippen molar-refractivity contribution in [3.8, 4) is 5.75 Å². The summed E-state index contributed by atoms with van der Waals surface area (Å²) in [6.07, 6.45) is 11.0. The molecule has 0 unspecified atom stereocenters. The monoisotopic (exact) mass is 232 g/mol. The van der Waals surface area contributed by atoms with Crippen LogP contribution in [0, 0.1) is 12.8 Å². The molecule has 0 radical (unpaired) electrons. The van der Waals surface area contributed by atoms with Crippen molar-refractivity contribution >= 4 is 0 Å². The Morgan fingerprint density at radius 1 is 1.18 bits per heavy atom. The van der Waals surface area contributed by atoms with E-state index in [2.05, 4.69) is 6.07 Å². The average molecular weight is 232 g/mol. The number of aromatic hydroxyl groups is 1. The summed E-state index contributed by atoms with van der Waals surface area (Å²) in [5.74, 6) is 1.42. The van der Waals surface area contributed by atoms with Crippen molar-refractivity contribution in [3.63, 3.8) is 0 Å². The zero-order chi connectivity index (χ0) is 12.1. The fourth-order valence-corrected chi connectivity index (χ4v) is 2.88. The first kappa shape index (κ1) is 12.5. The zero-order valence-corrected chi connectivity index (χ0v) is 10.9. The average Bonchev–Trinajstić information content (AvgIpc) is 2.35. The third kappa shape index (κ3) is 3.76. The lowest BCUT2D eigenvalue weighted by atomic mass is 9.85. The predicted molar refractivity (Wildman–Crippen MR) is 72.4 cm³/mol. The summed E-state index contributed by atoms with van der Waals surface area (Å²) >= 11 is 0.